The molecule has 0 bridgehead atoms. The van der Waals surface area contributed by atoms with Crippen LogP contribution in [-0.2, 0) is 14.3 Å². The second-order valence-electron chi connectivity index (χ2n) is 15.3. The van der Waals surface area contributed by atoms with Crippen molar-refractivity contribution in [1.82, 2.24) is 0 Å². The van der Waals surface area contributed by atoms with Crippen LogP contribution in [-0.4, -0.2) is 69.0 Å². The smallest absolute Gasteiger partial charge is 0.316 e. The van der Waals surface area contributed by atoms with E-state index < -0.39 is 49.2 Å². The molecule has 0 aliphatic rings. The summed E-state index contributed by atoms with van der Waals surface area (Å²) in [5.41, 5.74) is 0. The third-order valence-electron chi connectivity index (χ3n) is 9.88. The van der Waals surface area contributed by atoms with Gasteiger partial charge in [0.1, 0.15) is 0 Å². The molecule has 0 radical (unpaired) electrons. The van der Waals surface area contributed by atoms with Crippen LogP contribution in [0, 0.1) is 17.8 Å². The van der Waals surface area contributed by atoms with Gasteiger partial charge in [0.25, 0.3) is 0 Å². The average Bonchev–Trinajstić information content (AvgIpc) is 3.09. The first-order valence-corrected chi connectivity index (χ1v) is 20.8. The standard InChI is InChI=1S/C42H80O8/c1-4-5-6-24-29-38(45)30-25-20-16-12-15-19-23-28-37(32-40(47)34-44)42(49)50-41(48)36(31-39(46)33-43)27-22-18-14-11-9-7-8-10-13-17-21-26-35(2)3/h20,25,35-40,43-47H,4-19,21-24,26-34H2,1-3H3/t36?,37?,38-,39?,40?/m1/s1. The highest BCUT2D eigenvalue weighted by atomic mass is 16.6. The largest absolute Gasteiger partial charge is 0.394 e. The van der Waals surface area contributed by atoms with Gasteiger partial charge in [-0.3, -0.25) is 9.59 Å². The highest BCUT2D eigenvalue weighted by Gasteiger charge is 2.29. The Morgan fingerprint density at radius 3 is 1.36 bits per heavy atom. The molecule has 50 heavy (non-hydrogen) atoms. The van der Waals surface area contributed by atoms with Gasteiger partial charge in [0.2, 0.25) is 0 Å². The molecule has 0 spiro atoms. The highest BCUT2D eigenvalue weighted by Crippen LogP contribution is 2.23. The van der Waals surface area contributed by atoms with E-state index in [0.717, 1.165) is 76.5 Å². The van der Waals surface area contributed by atoms with Crippen LogP contribution < -0.4 is 0 Å². The van der Waals surface area contributed by atoms with Crippen molar-refractivity contribution >= 4 is 11.9 Å². The molecule has 5 atom stereocenters. The maximum atomic E-state index is 13.1. The van der Waals surface area contributed by atoms with Crippen molar-refractivity contribution in [3.05, 3.63) is 12.2 Å². The Morgan fingerprint density at radius 2 is 0.920 bits per heavy atom. The van der Waals surface area contributed by atoms with Gasteiger partial charge in [0, 0.05) is 0 Å². The van der Waals surface area contributed by atoms with E-state index in [1.165, 1.54) is 70.6 Å². The van der Waals surface area contributed by atoms with E-state index in [4.69, 9.17) is 4.74 Å². The Balaban J connectivity index is 4.51. The molecule has 0 saturated heterocycles. The monoisotopic (exact) mass is 713 g/mol. The van der Waals surface area contributed by atoms with Crippen molar-refractivity contribution in [3.63, 3.8) is 0 Å². The Hall–Kier alpha value is -1.32. The summed E-state index contributed by atoms with van der Waals surface area (Å²) < 4.78 is 5.32. The fourth-order valence-corrected chi connectivity index (χ4v) is 6.57. The Kier molecular flexibility index (Phi) is 33.8. The maximum Gasteiger partial charge on any atom is 0.316 e. The van der Waals surface area contributed by atoms with E-state index in [9.17, 15) is 35.1 Å². The summed E-state index contributed by atoms with van der Waals surface area (Å²) in [7, 11) is 0. The number of allylic oxidation sites excluding steroid dienone is 1. The van der Waals surface area contributed by atoms with E-state index >= 15 is 0 Å². The molecular weight excluding hydrogens is 632 g/mol. The zero-order valence-corrected chi connectivity index (χ0v) is 32.6. The SMILES string of the molecule is CCCCCC[C@@H](O)CC=CCCCCCCC(CC(O)CO)C(=O)OC(=O)C(CCCCCCCCCCCCCC(C)C)CC(O)CO. The molecule has 0 amide bonds. The molecule has 5 N–H and O–H groups in total. The van der Waals surface area contributed by atoms with Crippen LogP contribution in [0.15, 0.2) is 12.2 Å². The van der Waals surface area contributed by atoms with E-state index in [0.29, 0.717) is 19.3 Å². The lowest BCUT2D eigenvalue weighted by atomic mass is 9.93. The highest BCUT2D eigenvalue weighted by molar-refractivity contribution is 5.88. The van der Waals surface area contributed by atoms with Gasteiger partial charge in [-0.2, -0.15) is 0 Å². The van der Waals surface area contributed by atoms with Gasteiger partial charge in [-0.1, -0.05) is 155 Å². The van der Waals surface area contributed by atoms with E-state index in [1.54, 1.807) is 0 Å². The molecule has 0 aliphatic heterocycles. The summed E-state index contributed by atoms with van der Waals surface area (Å²) in [4.78, 5) is 26.2. The van der Waals surface area contributed by atoms with Crippen molar-refractivity contribution < 1.29 is 39.9 Å². The molecule has 0 aromatic heterocycles. The first-order valence-electron chi connectivity index (χ1n) is 20.8. The minimum absolute atomic E-state index is 0.0220. The lowest BCUT2D eigenvalue weighted by Gasteiger charge is -2.21. The molecule has 0 fully saturated rings. The van der Waals surface area contributed by atoms with Gasteiger partial charge in [0.15, 0.2) is 0 Å². The number of carbonyl (C=O) groups excluding carboxylic acids is 2. The fourth-order valence-electron chi connectivity index (χ4n) is 6.57. The Morgan fingerprint density at radius 1 is 0.520 bits per heavy atom. The zero-order chi connectivity index (χ0) is 37.2. The van der Waals surface area contributed by atoms with Crippen molar-refractivity contribution in [2.75, 3.05) is 13.2 Å². The summed E-state index contributed by atoms with van der Waals surface area (Å²) in [5, 5.41) is 49.0. The summed E-state index contributed by atoms with van der Waals surface area (Å²) in [6.45, 7) is 5.82. The first kappa shape index (κ1) is 48.7. The van der Waals surface area contributed by atoms with Gasteiger partial charge < -0.3 is 30.3 Å². The Labute approximate surface area is 306 Å². The van der Waals surface area contributed by atoms with Crippen LogP contribution in [0.2, 0.25) is 0 Å². The van der Waals surface area contributed by atoms with Crippen LogP contribution in [0.25, 0.3) is 0 Å². The molecule has 0 saturated carbocycles. The average molecular weight is 713 g/mol. The minimum Gasteiger partial charge on any atom is -0.394 e. The van der Waals surface area contributed by atoms with Crippen LogP contribution in [0.3, 0.4) is 0 Å². The fraction of sp³-hybridized carbons (Fsp3) is 0.905. The quantitative estimate of drug-likeness (QED) is 0.0187. The summed E-state index contributed by atoms with van der Waals surface area (Å²) in [5.74, 6) is -1.97. The topological polar surface area (TPSA) is 145 Å². The number of hydrogen-bond acceptors (Lipinski definition) is 8. The molecule has 0 aromatic carbocycles. The number of rotatable bonds is 36. The zero-order valence-electron chi connectivity index (χ0n) is 32.6. The van der Waals surface area contributed by atoms with Gasteiger partial charge in [-0.25, -0.2) is 0 Å². The molecule has 0 rings (SSSR count). The third kappa shape index (κ3) is 30.3. The number of hydrogen-bond donors (Lipinski definition) is 5. The summed E-state index contributed by atoms with van der Waals surface area (Å²) in [6, 6.07) is 0. The van der Waals surface area contributed by atoms with Crippen LogP contribution in [0.4, 0.5) is 0 Å². The number of carbonyl (C=O) groups is 2. The van der Waals surface area contributed by atoms with Gasteiger partial charge >= 0.3 is 11.9 Å². The predicted octanol–water partition coefficient (Wildman–Crippen LogP) is 9.12. The van der Waals surface area contributed by atoms with E-state index in [2.05, 4.69) is 32.9 Å². The Bertz CT molecular complexity index is 801. The lowest BCUT2D eigenvalue weighted by molar-refractivity contribution is -0.167. The van der Waals surface area contributed by atoms with Crippen molar-refractivity contribution in [1.29, 1.82) is 0 Å². The first-order chi connectivity index (χ1) is 24.1. The molecule has 0 aromatic rings. The van der Waals surface area contributed by atoms with Crippen LogP contribution in [0.1, 0.15) is 194 Å². The molecule has 296 valence electrons. The van der Waals surface area contributed by atoms with Crippen molar-refractivity contribution in [2.45, 2.75) is 212 Å². The summed E-state index contributed by atoms with van der Waals surface area (Å²) in [6.07, 6.45) is 28.0. The number of esters is 2. The van der Waals surface area contributed by atoms with E-state index in [-0.39, 0.29) is 18.9 Å². The van der Waals surface area contributed by atoms with Crippen LogP contribution >= 0.6 is 0 Å². The number of unbranched alkanes of at least 4 members (excludes halogenated alkanes) is 17. The van der Waals surface area contributed by atoms with Gasteiger partial charge in [-0.05, 0) is 57.3 Å². The van der Waals surface area contributed by atoms with Crippen molar-refractivity contribution in [2.24, 2.45) is 17.8 Å². The number of aliphatic hydroxyl groups is 5. The summed E-state index contributed by atoms with van der Waals surface area (Å²) >= 11 is 0. The van der Waals surface area contributed by atoms with Gasteiger partial charge in [-0.15, -0.1) is 0 Å². The normalized spacial score (nSPS) is 15.0. The maximum absolute atomic E-state index is 13.1. The van der Waals surface area contributed by atoms with E-state index in [1.807, 2.05) is 0 Å². The minimum atomic E-state index is -1.07. The molecule has 8 nitrogen and oxygen atoms in total. The second-order valence-corrected chi connectivity index (χ2v) is 15.3. The second kappa shape index (κ2) is 34.7. The lowest BCUT2D eigenvalue weighted by Crippen LogP contribution is -2.31. The molecular formula is C42H80O8. The number of ether oxygens (including phenoxy) is 1. The van der Waals surface area contributed by atoms with Crippen LogP contribution in [0.5, 0.6) is 0 Å². The third-order valence-corrected chi connectivity index (χ3v) is 9.88. The molecule has 0 aliphatic carbocycles. The van der Waals surface area contributed by atoms with Gasteiger partial charge in [0.05, 0.1) is 43.4 Å². The van der Waals surface area contributed by atoms with Crippen molar-refractivity contribution in [3.8, 4) is 0 Å². The molecule has 0 heterocycles. The predicted molar refractivity (Wildman–Crippen MR) is 205 cm³/mol. The molecule has 8 heteroatoms. The molecule has 4 unspecified atom stereocenters. The number of aliphatic hydroxyl groups excluding tert-OH is 5.